The van der Waals surface area contributed by atoms with Gasteiger partial charge in [0, 0.05) is 21.2 Å². The highest BCUT2D eigenvalue weighted by Gasteiger charge is 2.13. The van der Waals surface area contributed by atoms with Crippen molar-refractivity contribution in [1.29, 1.82) is 0 Å². The number of hydrogen-bond donors (Lipinski definition) is 1. The van der Waals surface area contributed by atoms with Crippen LogP contribution < -0.4 is 24.4 Å². The first-order valence-corrected chi connectivity index (χ1v) is 14.2. The van der Waals surface area contributed by atoms with Crippen molar-refractivity contribution >= 4 is 41.3 Å². The van der Waals surface area contributed by atoms with Gasteiger partial charge in [0.25, 0.3) is 5.91 Å². The molecule has 0 heterocycles. The lowest BCUT2D eigenvalue weighted by Crippen LogP contribution is -2.17. The van der Waals surface area contributed by atoms with Gasteiger partial charge in [-0.1, -0.05) is 42.6 Å². The molecule has 10 heteroatoms. The van der Waals surface area contributed by atoms with E-state index in [-0.39, 0.29) is 12.4 Å². The molecule has 8 nitrogen and oxygen atoms in total. The molecule has 0 bridgehead atoms. The monoisotopic (exact) mass is 620 g/mol. The van der Waals surface area contributed by atoms with Gasteiger partial charge in [-0.3, -0.25) is 4.79 Å². The molecule has 0 fully saturated rings. The third-order valence-electron chi connectivity index (χ3n) is 6.15. The maximum Gasteiger partial charge on any atom is 0.343 e. The minimum Gasteiger partial charge on any atom is -0.494 e. The molecule has 4 aromatic carbocycles. The van der Waals surface area contributed by atoms with Crippen LogP contribution in [0.15, 0.2) is 90.0 Å². The molecule has 0 aliphatic rings. The van der Waals surface area contributed by atoms with E-state index in [0.717, 1.165) is 18.4 Å². The Morgan fingerprint density at radius 1 is 0.837 bits per heavy atom. The van der Waals surface area contributed by atoms with Crippen LogP contribution in [0.25, 0.3) is 0 Å². The summed E-state index contributed by atoms with van der Waals surface area (Å²) in [5, 5.41) is 5.09. The molecule has 0 saturated carbocycles. The van der Waals surface area contributed by atoms with Gasteiger partial charge in [0.1, 0.15) is 18.1 Å². The number of esters is 1. The van der Waals surface area contributed by atoms with Crippen LogP contribution in [0.1, 0.15) is 51.6 Å². The molecule has 0 atom stereocenters. The first-order chi connectivity index (χ1) is 20.9. The minimum atomic E-state index is -0.530. The van der Waals surface area contributed by atoms with E-state index in [2.05, 4.69) is 17.5 Å². The molecule has 0 aliphatic carbocycles. The number of nitrogens with one attached hydrogen (secondary N) is 1. The van der Waals surface area contributed by atoms with Crippen LogP contribution in [0.3, 0.4) is 0 Å². The lowest BCUT2D eigenvalue weighted by molar-refractivity contribution is 0.0729. The van der Waals surface area contributed by atoms with E-state index in [4.69, 9.17) is 42.1 Å². The molecule has 222 valence electrons. The third-order valence-corrected chi connectivity index (χ3v) is 6.74. The second-order valence-electron chi connectivity index (χ2n) is 9.27. The Balaban J connectivity index is 1.29. The summed E-state index contributed by atoms with van der Waals surface area (Å²) >= 11 is 12.1. The summed E-state index contributed by atoms with van der Waals surface area (Å²) in [6, 6.07) is 23.5. The SMILES string of the molecule is CCCCOc1ccc(C(=O)Oc2ccc(/C=N/NC(=O)c3ccc(OCc4ccc(Cl)cc4Cl)cc3)cc2OC)cc1. The van der Waals surface area contributed by atoms with Crippen molar-refractivity contribution < 1.29 is 28.5 Å². The van der Waals surface area contributed by atoms with Gasteiger partial charge >= 0.3 is 5.97 Å². The van der Waals surface area contributed by atoms with Crippen LogP contribution >= 0.6 is 23.2 Å². The molecule has 0 spiro atoms. The van der Waals surface area contributed by atoms with E-state index in [0.29, 0.717) is 50.6 Å². The summed E-state index contributed by atoms with van der Waals surface area (Å²) in [4.78, 5) is 25.2. The average Bonchev–Trinajstić information content (AvgIpc) is 3.02. The van der Waals surface area contributed by atoms with Gasteiger partial charge in [0.15, 0.2) is 11.5 Å². The quantitative estimate of drug-likeness (QED) is 0.0540. The summed E-state index contributed by atoms with van der Waals surface area (Å²) in [7, 11) is 1.47. The van der Waals surface area contributed by atoms with Crippen LogP contribution in [0.5, 0.6) is 23.0 Å². The summed E-state index contributed by atoms with van der Waals surface area (Å²) < 4.78 is 22.3. The van der Waals surface area contributed by atoms with E-state index in [9.17, 15) is 9.59 Å². The Kier molecular flexibility index (Phi) is 11.4. The van der Waals surface area contributed by atoms with Crippen LogP contribution in [0.2, 0.25) is 10.0 Å². The predicted octanol–water partition coefficient (Wildman–Crippen LogP) is 7.74. The van der Waals surface area contributed by atoms with Crippen LogP contribution in [-0.4, -0.2) is 31.8 Å². The largest absolute Gasteiger partial charge is 0.494 e. The number of carbonyl (C=O) groups excluding carboxylic acids is 2. The van der Waals surface area contributed by atoms with Crippen molar-refractivity contribution in [3.8, 4) is 23.0 Å². The highest BCUT2D eigenvalue weighted by molar-refractivity contribution is 6.35. The summed E-state index contributed by atoms with van der Waals surface area (Å²) in [6.07, 6.45) is 3.46. The van der Waals surface area contributed by atoms with Crippen LogP contribution in [-0.2, 0) is 6.61 Å². The van der Waals surface area contributed by atoms with E-state index in [1.54, 1.807) is 84.9 Å². The maximum atomic E-state index is 12.7. The fraction of sp³-hybridized carbons (Fsp3) is 0.182. The fourth-order valence-electron chi connectivity index (χ4n) is 3.76. The number of halogens is 2. The summed E-state index contributed by atoms with van der Waals surface area (Å²) in [5.41, 5.74) is 4.68. The zero-order chi connectivity index (χ0) is 30.6. The van der Waals surface area contributed by atoms with Crippen molar-refractivity contribution in [3.05, 3.63) is 117 Å². The van der Waals surface area contributed by atoms with Crippen molar-refractivity contribution in [3.63, 3.8) is 0 Å². The number of nitrogens with zero attached hydrogens (tertiary/aromatic N) is 1. The molecule has 0 radical (unpaired) electrons. The van der Waals surface area contributed by atoms with Gasteiger partial charge in [-0.25, -0.2) is 10.2 Å². The fourth-order valence-corrected chi connectivity index (χ4v) is 4.22. The van der Waals surface area contributed by atoms with Crippen LogP contribution in [0, 0.1) is 0 Å². The average molecular weight is 622 g/mol. The van der Waals surface area contributed by atoms with Crippen LogP contribution in [0.4, 0.5) is 0 Å². The molecule has 4 aromatic rings. The highest BCUT2D eigenvalue weighted by atomic mass is 35.5. The Morgan fingerprint density at radius 2 is 1.53 bits per heavy atom. The topological polar surface area (TPSA) is 95.5 Å². The number of methoxy groups -OCH3 is 1. The predicted molar refractivity (Wildman–Crippen MR) is 167 cm³/mol. The number of benzene rings is 4. The molecule has 0 aliphatic heterocycles. The highest BCUT2D eigenvalue weighted by Crippen LogP contribution is 2.29. The molecule has 4 rings (SSSR count). The first kappa shape index (κ1) is 31.4. The lowest BCUT2D eigenvalue weighted by Gasteiger charge is -2.10. The van der Waals surface area contributed by atoms with Crippen molar-refractivity contribution in [2.75, 3.05) is 13.7 Å². The molecule has 1 N–H and O–H groups in total. The van der Waals surface area contributed by atoms with E-state index < -0.39 is 11.9 Å². The Hall–Kier alpha value is -4.53. The van der Waals surface area contributed by atoms with Gasteiger partial charge < -0.3 is 18.9 Å². The minimum absolute atomic E-state index is 0.248. The molecule has 0 aromatic heterocycles. The number of amides is 1. The number of ether oxygens (including phenoxy) is 4. The van der Waals surface area contributed by atoms with Gasteiger partial charge in [0.2, 0.25) is 0 Å². The lowest BCUT2D eigenvalue weighted by atomic mass is 10.2. The molecular weight excluding hydrogens is 591 g/mol. The number of unbranched alkanes of at least 4 members (excludes halogenated alkanes) is 1. The van der Waals surface area contributed by atoms with Crippen molar-refractivity contribution in [2.45, 2.75) is 26.4 Å². The maximum absolute atomic E-state index is 12.7. The second kappa shape index (κ2) is 15.6. The molecule has 43 heavy (non-hydrogen) atoms. The molecular formula is C33H30Cl2N2O6. The smallest absolute Gasteiger partial charge is 0.343 e. The normalized spacial score (nSPS) is 10.8. The van der Waals surface area contributed by atoms with E-state index in [1.807, 2.05) is 0 Å². The molecule has 0 saturated heterocycles. The Labute approximate surface area is 260 Å². The van der Waals surface area contributed by atoms with Gasteiger partial charge in [0.05, 0.1) is 25.5 Å². The zero-order valence-electron chi connectivity index (χ0n) is 23.6. The Bertz CT molecular complexity index is 1570. The summed E-state index contributed by atoms with van der Waals surface area (Å²) in [6.45, 7) is 2.98. The summed E-state index contributed by atoms with van der Waals surface area (Å²) in [5.74, 6) is 0.920. The Morgan fingerprint density at radius 3 is 2.21 bits per heavy atom. The number of rotatable bonds is 13. The van der Waals surface area contributed by atoms with E-state index in [1.165, 1.54) is 13.3 Å². The second-order valence-corrected chi connectivity index (χ2v) is 10.1. The number of hydrazone groups is 1. The van der Waals surface area contributed by atoms with E-state index >= 15 is 0 Å². The number of hydrogen-bond acceptors (Lipinski definition) is 7. The number of carbonyl (C=O) groups is 2. The standard InChI is InChI=1S/C33H30Cl2N2O6/c1-3-4-17-41-27-14-9-24(10-15-27)33(39)43-30-16-5-22(18-31(30)40-2)20-36-37-32(38)23-7-12-28(13-8-23)42-21-25-6-11-26(34)19-29(25)35/h5-16,18-20H,3-4,17,21H2,1-2H3,(H,37,38)/b36-20+. The van der Waals surface area contributed by atoms with Crippen molar-refractivity contribution in [1.82, 2.24) is 5.43 Å². The van der Waals surface area contributed by atoms with Gasteiger partial charge in [-0.15, -0.1) is 0 Å². The van der Waals surface area contributed by atoms with Gasteiger partial charge in [-0.2, -0.15) is 5.10 Å². The van der Waals surface area contributed by atoms with Gasteiger partial charge in [-0.05, 0) is 90.8 Å². The molecule has 0 unspecified atom stereocenters. The van der Waals surface area contributed by atoms with Crippen molar-refractivity contribution in [2.24, 2.45) is 5.10 Å². The first-order valence-electron chi connectivity index (χ1n) is 13.5. The third kappa shape index (κ3) is 9.23. The molecule has 1 amide bonds. The zero-order valence-corrected chi connectivity index (χ0v) is 25.2.